The first-order valence-electron chi connectivity index (χ1n) is 7.54. The highest BCUT2D eigenvalue weighted by Gasteiger charge is 2.36. The summed E-state index contributed by atoms with van der Waals surface area (Å²) in [6, 6.07) is 19.9. The average Bonchev–Trinajstić information content (AvgIpc) is 2.57. The van der Waals surface area contributed by atoms with Crippen molar-refractivity contribution in [2.45, 2.75) is 5.60 Å². The molecule has 0 bridgehead atoms. The van der Waals surface area contributed by atoms with Crippen LogP contribution in [0.25, 0.3) is 0 Å². The molecule has 1 fully saturated rings. The zero-order valence-electron chi connectivity index (χ0n) is 12.2. The van der Waals surface area contributed by atoms with E-state index in [4.69, 9.17) is 4.74 Å². The molecule has 0 aromatic heterocycles. The van der Waals surface area contributed by atoms with Gasteiger partial charge in [-0.1, -0.05) is 60.7 Å². The summed E-state index contributed by atoms with van der Waals surface area (Å²) in [6.45, 7) is 4.11. The van der Waals surface area contributed by atoms with Crippen LogP contribution in [0.1, 0.15) is 11.1 Å². The molecular weight excluding hydrogens is 262 g/mol. The van der Waals surface area contributed by atoms with E-state index >= 15 is 0 Å². The maximum atomic E-state index is 11.4. The minimum Gasteiger partial charge on any atom is -0.375 e. The molecule has 2 aromatic rings. The average molecular weight is 284 g/mol. The number of ether oxygens (including phenoxy) is 1. The van der Waals surface area contributed by atoms with Gasteiger partial charge in [-0.05, 0) is 11.1 Å². The second kappa shape index (κ2) is 6.39. The van der Waals surface area contributed by atoms with Crippen molar-refractivity contribution in [1.82, 2.24) is 0 Å². The van der Waals surface area contributed by atoms with Gasteiger partial charge in [0.1, 0.15) is 19.6 Å². The Morgan fingerprint density at radius 3 is 1.81 bits per heavy atom. The zero-order valence-corrected chi connectivity index (χ0v) is 12.2. The maximum Gasteiger partial charge on any atom is 0.163 e. The van der Waals surface area contributed by atoms with Gasteiger partial charge in [0.05, 0.1) is 13.2 Å². The van der Waals surface area contributed by atoms with Gasteiger partial charge < -0.3 is 14.7 Å². The summed E-state index contributed by atoms with van der Waals surface area (Å²) in [7, 11) is 0. The van der Waals surface area contributed by atoms with Crippen molar-refractivity contribution in [2.75, 3.05) is 32.8 Å². The molecule has 1 saturated heterocycles. The normalized spacial score (nSPS) is 16.8. The molecule has 0 spiro atoms. The van der Waals surface area contributed by atoms with Crippen LogP contribution in [0.15, 0.2) is 60.7 Å². The molecule has 1 aliphatic rings. The summed E-state index contributed by atoms with van der Waals surface area (Å²) in [6.07, 6.45) is 0. The molecule has 0 saturated carbocycles. The Labute approximate surface area is 125 Å². The van der Waals surface area contributed by atoms with Crippen LogP contribution in [0.3, 0.4) is 0 Å². The highest BCUT2D eigenvalue weighted by atomic mass is 16.5. The number of hydrogen-bond acceptors (Lipinski definition) is 2. The third-order valence-corrected chi connectivity index (χ3v) is 4.21. The molecular formula is C18H22NO2+. The summed E-state index contributed by atoms with van der Waals surface area (Å²) in [4.78, 5) is 1.39. The predicted octanol–water partition coefficient (Wildman–Crippen LogP) is 0.838. The van der Waals surface area contributed by atoms with Crippen molar-refractivity contribution in [3.63, 3.8) is 0 Å². The lowest BCUT2D eigenvalue weighted by molar-refractivity contribution is -0.914. The Morgan fingerprint density at radius 2 is 1.33 bits per heavy atom. The van der Waals surface area contributed by atoms with Gasteiger partial charge in [-0.2, -0.15) is 0 Å². The van der Waals surface area contributed by atoms with Crippen LogP contribution in [0.2, 0.25) is 0 Å². The second-order valence-corrected chi connectivity index (χ2v) is 5.63. The predicted molar refractivity (Wildman–Crippen MR) is 82.3 cm³/mol. The number of rotatable bonds is 4. The van der Waals surface area contributed by atoms with Gasteiger partial charge in [-0.3, -0.25) is 0 Å². The molecule has 0 radical (unpaired) electrons. The Balaban J connectivity index is 1.94. The van der Waals surface area contributed by atoms with Crippen LogP contribution in [-0.2, 0) is 10.3 Å². The first kappa shape index (κ1) is 14.3. The van der Waals surface area contributed by atoms with E-state index in [0.29, 0.717) is 6.54 Å². The van der Waals surface area contributed by atoms with Crippen LogP contribution in [-0.4, -0.2) is 38.0 Å². The van der Waals surface area contributed by atoms with Crippen LogP contribution < -0.4 is 4.90 Å². The Morgan fingerprint density at radius 1 is 0.857 bits per heavy atom. The van der Waals surface area contributed by atoms with E-state index in [9.17, 15) is 5.11 Å². The highest BCUT2D eigenvalue weighted by Crippen LogP contribution is 2.28. The van der Waals surface area contributed by atoms with Gasteiger partial charge in [0.2, 0.25) is 0 Å². The fourth-order valence-corrected chi connectivity index (χ4v) is 3.00. The zero-order chi connectivity index (χ0) is 14.5. The quantitative estimate of drug-likeness (QED) is 0.872. The van der Waals surface area contributed by atoms with Crippen molar-refractivity contribution in [1.29, 1.82) is 0 Å². The fraction of sp³-hybridized carbons (Fsp3) is 0.333. The third-order valence-electron chi connectivity index (χ3n) is 4.21. The van der Waals surface area contributed by atoms with Gasteiger partial charge in [0, 0.05) is 0 Å². The van der Waals surface area contributed by atoms with E-state index in [1.54, 1.807) is 0 Å². The van der Waals surface area contributed by atoms with E-state index in [2.05, 4.69) is 0 Å². The molecule has 2 aromatic carbocycles. The smallest absolute Gasteiger partial charge is 0.163 e. The summed E-state index contributed by atoms with van der Waals surface area (Å²) in [5.41, 5.74) is 0.959. The second-order valence-electron chi connectivity index (χ2n) is 5.63. The van der Waals surface area contributed by atoms with E-state index < -0.39 is 5.60 Å². The lowest BCUT2D eigenvalue weighted by Crippen LogP contribution is -3.15. The molecule has 2 N–H and O–H groups in total. The number of aliphatic hydroxyl groups is 1. The SMILES string of the molecule is OC(C[NH+]1CCOCC1)(c1ccccc1)c1ccccc1. The topological polar surface area (TPSA) is 33.9 Å². The monoisotopic (exact) mass is 284 g/mol. The van der Waals surface area contributed by atoms with E-state index in [-0.39, 0.29) is 0 Å². The van der Waals surface area contributed by atoms with Gasteiger partial charge in [0.15, 0.2) is 5.60 Å². The number of morpholine rings is 1. The molecule has 3 heteroatoms. The fourth-order valence-electron chi connectivity index (χ4n) is 3.00. The van der Waals surface area contributed by atoms with Crippen molar-refractivity contribution < 1.29 is 14.7 Å². The molecule has 1 aliphatic heterocycles. The lowest BCUT2D eigenvalue weighted by atomic mass is 9.85. The van der Waals surface area contributed by atoms with Crippen LogP contribution in [0, 0.1) is 0 Å². The van der Waals surface area contributed by atoms with Crippen LogP contribution in [0.4, 0.5) is 0 Å². The van der Waals surface area contributed by atoms with Crippen molar-refractivity contribution in [2.24, 2.45) is 0 Å². The summed E-state index contributed by atoms with van der Waals surface area (Å²) in [5, 5.41) is 11.4. The number of nitrogens with one attached hydrogen (secondary N) is 1. The van der Waals surface area contributed by atoms with Gasteiger partial charge in [-0.25, -0.2) is 0 Å². The Kier molecular flexibility index (Phi) is 4.34. The molecule has 21 heavy (non-hydrogen) atoms. The van der Waals surface area contributed by atoms with E-state index in [1.165, 1.54) is 4.90 Å². The Bertz CT molecular complexity index is 510. The lowest BCUT2D eigenvalue weighted by Gasteiger charge is -2.34. The molecule has 1 heterocycles. The molecule has 0 unspecified atom stereocenters. The first-order chi connectivity index (χ1) is 10.3. The number of quaternary nitrogens is 1. The summed E-state index contributed by atoms with van der Waals surface area (Å²) >= 11 is 0. The highest BCUT2D eigenvalue weighted by molar-refractivity contribution is 5.35. The largest absolute Gasteiger partial charge is 0.375 e. The minimum atomic E-state index is -0.949. The van der Waals surface area contributed by atoms with Crippen molar-refractivity contribution in [3.8, 4) is 0 Å². The van der Waals surface area contributed by atoms with Gasteiger partial charge in [-0.15, -0.1) is 0 Å². The van der Waals surface area contributed by atoms with Gasteiger partial charge >= 0.3 is 0 Å². The summed E-state index contributed by atoms with van der Waals surface area (Å²) in [5.74, 6) is 0. The number of benzene rings is 2. The summed E-state index contributed by atoms with van der Waals surface area (Å²) < 4.78 is 5.42. The maximum absolute atomic E-state index is 11.4. The molecule has 3 rings (SSSR count). The first-order valence-corrected chi connectivity index (χ1v) is 7.54. The van der Waals surface area contributed by atoms with Gasteiger partial charge in [0.25, 0.3) is 0 Å². The van der Waals surface area contributed by atoms with Crippen molar-refractivity contribution in [3.05, 3.63) is 71.8 Å². The third kappa shape index (κ3) is 3.16. The molecule has 0 aliphatic carbocycles. The van der Waals surface area contributed by atoms with E-state index in [0.717, 1.165) is 37.4 Å². The number of hydrogen-bond donors (Lipinski definition) is 2. The molecule has 0 amide bonds. The van der Waals surface area contributed by atoms with E-state index in [1.807, 2.05) is 60.7 Å². The standard InChI is InChI=1S/C18H21NO2/c20-18(16-7-3-1-4-8-16,17-9-5-2-6-10-17)15-19-11-13-21-14-12-19/h1-10,20H,11-15H2/p+1. The Hall–Kier alpha value is -1.68. The molecule has 0 atom stereocenters. The van der Waals surface area contributed by atoms with Crippen LogP contribution in [0.5, 0.6) is 0 Å². The molecule has 3 nitrogen and oxygen atoms in total. The van der Waals surface area contributed by atoms with Crippen LogP contribution >= 0.6 is 0 Å². The molecule has 110 valence electrons. The minimum absolute atomic E-state index is 0.671. The van der Waals surface area contributed by atoms with Crippen molar-refractivity contribution >= 4 is 0 Å².